The van der Waals surface area contributed by atoms with Gasteiger partial charge >= 0.3 is 0 Å². The molecule has 0 spiro atoms. The van der Waals surface area contributed by atoms with E-state index < -0.39 is 0 Å². The molecule has 0 bridgehead atoms. The van der Waals surface area contributed by atoms with Gasteiger partial charge in [0.25, 0.3) is 0 Å². The summed E-state index contributed by atoms with van der Waals surface area (Å²) in [5.74, 6) is 0. The Bertz CT molecular complexity index is 467. The minimum atomic E-state index is 0.743. The smallest absolute Gasteiger partial charge is 0.176 e. The van der Waals surface area contributed by atoms with Gasteiger partial charge in [-0.3, -0.25) is 5.10 Å². The fourth-order valence-electron chi connectivity index (χ4n) is 1.22. The molecule has 0 aliphatic carbocycles. The quantitative estimate of drug-likeness (QED) is 0.791. The van der Waals surface area contributed by atoms with Crippen molar-refractivity contribution in [2.24, 2.45) is 0 Å². The Morgan fingerprint density at radius 2 is 2.07 bits per heavy atom. The molecule has 2 aromatic rings. The number of benzene rings is 1. The first-order valence-corrected chi connectivity index (χ1v) is 5.56. The Balaban J connectivity index is 2.19. The van der Waals surface area contributed by atoms with Crippen molar-refractivity contribution >= 4 is 23.6 Å². The molecule has 0 saturated heterocycles. The molecule has 0 unspecified atom stereocenters. The Hall–Kier alpha value is -1.00. The predicted octanol–water partition coefficient (Wildman–Crippen LogP) is 3.10. The maximum Gasteiger partial charge on any atom is 0.176 e. The second-order valence-corrected chi connectivity index (χ2v) is 4.92. The molecule has 0 atom stereocenters. The highest BCUT2D eigenvalue weighted by molar-refractivity contribution is 7.73. The van der Waals surface area contributed by atoms with Gasteiger partial charge in [-0.05, 0) is 24.7 Å². The van der Waals surface area contributed by atoms with E-state index in [4.69, 9.17) is 12.2 Å². The van der Waals surface area contributed by atoms with Gasteiger partial charge in [-0.25, -0.2) is 0 Å². The third-order valence-corrected chi connectivity index (χ3v) is 3.05. The zero-order valence-corrected chi connectivity index (χ0v) is 9.41. The van der Waals surface area contributed by atoms with E-state index in [-0.39, 0.29) is 0 Å². The lowest BCUT2D eigenvalue weighted by Gasteiger charge is -1.97. The van der Waals surface area contributed by atoms with Crippen LogP contribution in [0.5, 0.6) is 0 Å². The van der Waals surface area contributed by atoms with Gasteiger partial charge in [0.05, 0.1) is 0 Å². The van der Waals surface area contributed by atoms with Crippen molar-refractivity contribution in [1.82, 2.24) is 10.2 Å². The molecule has 1 N–H and O–H groups in total. The van der Waals surface area contributed by atoms with Crippen LogP contribution in [-0.2, 0) is 6.42 Å². The van der Waals surface area contributed by atoms with Crippen LogP contribution < -0.4 is 0 Å². The van der Waals surface area contributed by atoms with Crippen molar-refractivity contribution in [2.45, 2.75) is 13.3 Å². The van der Waals surface area contributed by atoms with Crippen LogP contribution in [0.1, 0.15) is 16.1 Å². The Kier molecular flexibility index (Phi) is 2.74. The molecule has 14 heavy (non-hydrogen) atoms. The molecule has 0 radical (unpaired) electrons. The largest absolute Gasteiger partial charge is 0.258 e. The summed E-state index contributed by atoms with van der Waals surface area (Å²) in [5, 5.41) is 7.95. The van der Waals surface area contributed by atoms with Crippen LogP contribution in [-0.4, -0.2) is 10.2 Å². The standard InChI is InChI=1S/C10H10N2S2/c1-7-2-4-8(5-3-7)6-9-11-12-10(13)14-9/h2-5H,6H2,1H3,(H,12,13). The molecule has 0 fully saturated rings. The number of rotatable bonds is 2. The molecule has 0 aliphatic heterocycles. The number of aryl methyl sites for hydroxylation is 1. The minimum absolute atomic E-state index is 0.743. The predicted molar refractivity (Wildman–Crippen MR) is 61.3 cm³/mol. The molecular formula is C10H10N2S2. The fraction of sp³-hybridized carbons (Fsp3) is 0.200. The number of H-pyrrole nitrogens is 1. The summed E-state index contributed by atoms with van der Waals surface area (Å²) in [6.07, 6.45) is 0.859. The van der Waals surface area contributed by atoms with Crippen LogP contribution in [0.4, 0.5) is 0 Å². The average Bonchev–Trinajstić information content (AvgIpc) is 2.56. The van der Waals surface area contributed by atoms with Crippen LogP contribution in [0.2, 0.25) is 0 Å². The van der Waals surface area contributed by atoms with Crippen molar-refractivity contribution in [2.75, 3.05) is 0 Å². The summed E-state index contributed by atoms with van der Waals surface area (Å²) in [6, 6.07) is 8.47. The summed E-state index contributed by atoms with van der Waals surface area (Å²) in [5.41, 5.74) is 2.55. The monoisotopic (exact) mass is 222 g/mol. The number of aromatic nitrogens is 2. The average molecular weight is 222 g/mol. The molecule has 2 rings (SSSR count). The van der Waals surface area contributed by atoms with E-state index in [0.717, 1.165) is 15.4 Å². The van der Waals surface area contributed by atoms with Gasteiger partial charge in [-0.2, -0.15) is 5.10 Å². The molecular weight excluding hydrogens is 212 g/mol. The molecule has 1 aromatic carbocycles. The Labute approximate surface area is 91.6 Å². The molecule has 72 valence electrons. The second-order valence-electron chi connectivity index (χ2n) is 3.17. The number of hydrogen-bond donors (Lipinski definition) is 1. The van der Waals surface area contributed by atoms with Gasteiger partial charge < -0.3 is 0 Å². The molecule has 0 aliphatic rings. The first kappa shape index (κ1) is 9.55. The fourth-order valence-corrected chi connectivity index (χ4v) is 2.19. The number of hydrogen-bond acceptors (Lipinski definition) is 3. The lowest BCUT2D eigenvalue weighted by molar-refractivity contribution is 0.997. The van der Waals surface area contributed by atoms with Crippen molar-refractivity contribution in [1.29, 1.82) is 0 Å². The molecule has 1 aromatic heterocycles. The maximum atomic E-state index is 4.97. The topological polar surface area (TPSA) is 28.7 Å². The molecule has 0 amide bonds. The van der Waals surface area contributed by atoms with E-state index in [1.807, 2.05) is 0 Å². The lowest BCUT2D eigenvalue weighted by Crippen LogP contribution is -1.87. The highest BCUT2D eigenvalue weighted by Crippen LogP contribution is 2.12. The highest BCUT2D eigenvalue weighted by Gasteiger charge is 1.99. The van der Waals surface area contributed by atoms with E-state index >= 15 is 0 Å². The van der Waals surface area contributed by atoms with Gasteiger partial charge in [0, 0.05) is 6.42 Å². The van der Waals surface area contributed by atoms with Crippen LogP contribution in [0.25, 0.3) is 0 Å². The first-order valence-electron chi connectivity index (χ1n) is 4.34. The zero-order valence-electron chi connectivity index (χ0n) is 7.78. The van der Waals surface area contributed by atoms with Gasteiger partial charge in [-0.1, -0.05) is 41.2 Å². The van der Waals surface area contributed by atoms with Crippen LogP contribution in [0.15, 0.2) is 24.3 Å². The third kappa shape index (κ3) is 2.27. The summed E-state index contributed by atoms with van der Waals surface area (Å²) in [4.78, 5) is 0. The number of nitrogens with zero attached hydrogens (tertiary/aromatic N) is 1. The van der Waals surface area contributed by atoms with Gasteiger partial charge in [0.15, 0.2) is 3.95 Å². The first-order chi connectivity index (χ1) is 6.74. The van der Waals surface area contributed by atoms with Crippen LogP contribution in [0.3, 0.4) is 0 Å². The third-order valence-electron chi connectivity index (χ3n) is 1.96. The minimum Gasteiger partial charge on any atom is -0.258 e. The van der Waals surface area contributed by atoms with Crippen molar-refractivity contribution in [3.8, 4) is 0 Å². The normalized spacial score (nSPS) is 10.4. The summed E-state index contributed by atoms with van der Waals surface area (Å²) < 4.78 is 0.743. The van der Waals surface area contributed by atoms with Gasteiger partial charge in [-0.15, -0.1) is 0 Å². The van der Waals surface area contributed by atoms with E-state index in [0.29, 0.717) is 0 Å². The summed E-state index contributed by atoms with van der Waals surface area (Å²) >= 11 is 6.51. The van der Waals surface area contributed by atoms with Crippen molar-refractivity contribution in [3.05, 3.63) is 44.4 Å². The Morgan fingerprint density at radius 1 is 1.36 bits per heavy atom. The molecule has 1 heterocycles. The molecule has 4 heteroatoms. The van der Waals surface area contributed by atoms with E-state index in [9.17, 15) is 0 Å². The Morgan fingerprint density at radius 3 is 2.64 bits per heavy atom. The van der Waals surface area contributed by atoms with E-state index in [1.165, 1.54) is 22.5 Å². The molecule has 0 saturated carbocycles. The lowest BCUT2D eigenvalue weighted by atomic mass is 10.1. The SMILES string of the molecule is Cc1ccc(Cc2n[nH]c(=S)s2)cc1. The van der Waals surface area contributed by atoms with Crippen LogP contribution >= 0.6 is 23.6 Å². The number of aromatic amines is 1. The van der Waals surface area contributed by atoms with E-state index in [2.05, 4.69) is 41.4 Å². The summed E-state index contributed by atoms with van der Waals surface area (Å²) in [7, 11) is 0. The highest BCUT2D eigenvalue weighted by atomic mass is 32.1. The number of nitrogens with one attached hydrogen (secondary N) is 1. The van der Waals surface area contributed by atoms with Gasteiger partial charge in [0.1, 0.15) is 5.01 Å². The van der Waals surface area contributed by atoms with E-state index in [1.54, 1.807) is 0 Å². The van der Waals surface area contributed by atoms with Gasteiger partial charge in [0.2, 0.25) is 0 Å². The second kappa shape index (κ2) is 4.02. The van der Waals surface area contributed by atoms with Crippen molar-refractivity contribution in [3.63, 3.8) is 0 Å². The van der Waals surface area contributed by atoms with Crippen LogP contribution in [0, 0.1) is 10.9 Å². The molecule has 2 nitrogen and oxygen atoms in total. The zero-order chi connectivity index (χ0) is 9.97. The maximum absolute atomic E-state index is 4.97. The summed E-state index contributed by atoms with van der Waals surface area (Å²) in [6.45, 7) is 2.09. The van der Waals surface area contributed by atoms with Crippen molar-refractivity contribution < 1.29 is 0 Å².